The molecule has 1 atom stereocenters. The Morgan fingerprint density at radius 2 is 1.53 bits per heavy atom. The molecule has 30 heavy (non-hydrogen) atoms. The van der Waals surface area contributed by atoms with E-state index in [0.29, 0.717) is 34.2 Å². The number of imide groups is 1. The van der Waals surface area contributed by atoms with Crippen LogP contribution in [0.3, 0.4) is 0 Å². The van der Waals surface area contributed by atoms with E-state index in [1.165, 1.54) is 12.1 Å². The fourth-order valence-electron chi connectivity index (χ4n) is 3.72. The summed E-state index contributed by atoms with van der Waals surface area (Å²) in [4.78, 5) is 39.5. The van der Waals surface area contributed by atoms with E-state index < -0.39 is 22.1 Å². The van der Waals surface area contributed by atoms with Crippen molar-refractivity contribution in [2.75, 3.05) is 11.5 Å². The predicted molar refractivity (Wildman–Crippen MR) is 114 cm³/mol. The summed E-state index contributed by atoms with van der Waals surface area (Å²) in [6, 6.07) is 16.9. The van der Waals surface area contributed by atoms with Gasteiger partial charge in [0.2, 0.25) is 0 Å². The van der Waals surface area contributed by atoms with Crippen LogP contribution in [0.2, 0.25) is 0 Å². The molecule has 5 nitrogen and oxygen atoms in total. The summed E-state index contributed by atoms with van der Waals surface area (Å²) in [7, 11) is 0. The van der Waals surface area contributed by atoms with Gasteiger partial charge in [0.15, 0.2) is 0 Å². The van der Waals surface area contributed by atoms with Gasteiger partial charge in [-0.25, -0.2) is 9.69 Å². The molecular weight excluding hydrogens is 425 g/mol. The van der Waals surface area contributed by atoms with Crippen LogP contribution in [0.15, 0.2) is 60.7 Å². The van der Waals surface area contributed by atoms with Crippen molar-refractivity contribution in [2.24, 2.45) is 5.92 Å². The van der Waals surface area contributed by atoms with Crippen LogP contribution in [-0.4, -0.2) is 28.7 Å². The number of carbonyl (C=O) groups excluding carboxylic acids is 3. The molecule has 1 saturated carbocycles. The number of halogens is 2. The molecule has 5 rings (SSSR count). The normalized spacial score (nSPS) is 19.1. The van der Waals surface area contributed by atoms with Crippen LogP contribution in [0.5, 0.6) is 0 Å². The van der Waals surface area contributed by atoms with Crippen LogP contribution >= 0.6 is 23.2 Å². The van der Waals surface area contributed by atoms with Crippen molar-refractivity contribution in [3.63, 3.8) is 0 Å². The summed E-state index contributed by atoms with van der Waals surface area (Å²) in [6.45, 7) is 0.150. The Bertz CT molecular complexity index is 1170. The first-order valence-corrected chi connectivity index (χ1v) is 10.2. The third-order valence-corrected chi connectivity index (χ3v) is 6.43. The second kappa shape index (κ2) is 6.83. The van der Waals surface area contributed by atoms with Crippen LogP contribution in [0.4, 0.5) is 5.69 Å². The zero-order valence-corrected chi connectivity index (χ0v) is 17.1. The smallest absolute Gasteiger partial charge is 0.338 e. The predicted octanol–water partition coefficient (Wildman–Crippen LogP) is 4.99. The molecule has 0 N–H and O–H groups in total. The lowest BCUT2D eigenvalue weighted by Crippen LogP contribution is -2.40. The molecular formula is C23H15Cl2NO4. The molecule has 0 aromatic heterocycles. The van der Waals surface area contributed by atoms with Crippen molar-refractivity contribution in [1.29, 1.82) is 0 Å². The van der Waals surface area contributed by atoms with E-state index in [0.717, 1.165) is 10.3 Å². The standard InChI is InChI=1S/C23H15Cl2NO4/c24-23(25)11-15(23)12-30-22(29)14-7-9-16(10-8-14)26-20(27)17-5-1-3-13-4-2-6-18(19(13)17)21(26)28/h1-10,15H,11-12H2/t15-/m0/s1. The Kier molecular flexibility index (Phi) is 4.34. The van der Waals surface area contributed by atoms with E-state index in [9.17, 15) is 14.4 Å². The number of hydrogen-bond acceptors (Lipinski definition) is 4. The van der Waals surface area contributed by atoms with Gasteiger partial charge in [0.25, 0.3) is 11.8 Å². The van der Waals surface area contributed by atoms with Gasteiger partial charge in [-0.15, -0.1) is 23.2 Å². The quantitative estimate of drug-likeness (QED) is 0.326. The maximum absolute atomic E-state index is 13.1. The third kappa shape index (κ3) is 3.06. The topological polar surface area (TPSA) is 63.7 Å². The van der Waals surface area contributed by atoms with Crippen LogP contribution < -0.4 is 4.90 Å². The lowest BCUT2D eigenvalue weighted by Gasteiger charge is -2.27. The minimum atomic E-state index is -0.807. The number of benzene rings is 3. The first kappa shape index (κ1) is 19.1. The molecule has 1 aliphatic heterocycles. The molecule has 1 fully saturated rings. The summed E-state index contributed by atoms with van der Waals surface area (Å²) in [6.07, 6.45) is 0.593. The average Bonchev–Trinajstić information content (AvgIpc) is 3.37. The van der Waals surface area contributed by atoms with E-state index in [-0.39, 0.29) is 12.5 Å². The zero-order chi connectivity index (χ0) is 21.0. The van der Waals surface area contributed by atoms with E-state index in [1.54, 1.807) is 36.4 Å². The maximum Gasteiger partial charge on any atom is 0.338 e. The largest absolute Gasteiger partial charge is 0.462 e. The Morgan fingerprint density at radius 3 is 2.07 bits per heavy atom. The minimum Gasteiger partial charge on any atom is -0.462 e. The fourth-order valence-corrected chi connectivity index (χ4v) is 4.22. The highest BCUT2D eigenvalue weighted by Gasteiger charge is 2.52. The van der Waals surface area contributed by atoms with Crippen molar-refractivity contribution in [2.45, 2.75) is 10.8 Å². The van der Waals surface area contributed by atoms with Crippen molar-refractivity contribution in [1.82, 2.24) is 0 Å². The molecule has 2 amide bonds. The van der Waals surface area contributed by atoms with Crippen molar-refractivity contribution in [3.8, 4) is 0 Å². The minimum absolute atomic E-state index is 0.0598. The zero-order valence-electron chi connectivity index (χ0n) is 15.6. The Hall–Kier alpha value is -2.89. The van der Waals surface area contributed by atoms with Gasteiger partial charge in [-0.3, -0.25) is 9.59 Å². The Labute approximate surface area is 182 Å². The van der Waals surface area contributed by atoms with Gasteiger partial charge < -0.3 is 4.74 Å². The molecule has 0 unspecified atom stereocenters. The van der Waals surface area contributed by atoms with Crippen LogP contribution in [-0.2, 0) is 4.74 Å². The average molecular weight is 440 g/mol. The molecule has 0 radical (unpaired) electrons. The molecule has 2 aliphatic rings. The van der Waals surface area contributed by atoms with Gasteiger partial charge in [-0.2, -0.15) is 0 Å². The molecule has 0 bridgehead atoms. The third-order valence-electron chi connectivity index (χ3n) is 5.50. The van der Waals surface area contributed by atoms with Crippen LogP contribution in [0.25, 0.3) is 10.8 Å². The number of esters is 1. The molecule has 1 aliphatic carbocycles. The second-order valence-corrected chi connectivity index (χ2v) is 9.00. The number of amides is 2. The highest BCUT2D eigenvalue weighted by atomic mass is 35.5. The molecule has 150 valence electrons. The fraction of sp³-hybridized carbons (Fsp3) is 0.174. The number of nitrogens with zero attached hydrogens (tertiary/aromatic N) is 1. The summed E-state index contributed by atoms with van der Waals surface area (Å²) in [5, 5.41) is 1.51. The second-order valence-electron chi connectivity index (χ2n) is 7.46. The van der Waals surface area contributed by atoms with Gasteiger partial charge >= 0.3 is 5.97 Å². The Balaban J connectivity index is 1.40. The van der Waals surface area contributed by atoms with Gasteiger partial charge in [0.05, 0.1) is 17.9 Å². The first-order chi connectivity index (χ1) is 14.4. The maximum atomic E-state index is 13.1. The lowest BCUT2D eigenvalue weighted by molar-refractivity contribution is 0.0485. The number of carbonyl (C=O) groups is 3. The van der Waals surface area contributed by atoms with Gasteiger partial charge in [0, 0.05) is 22.4 Å². The molecule has 0 spiro atoms. The van der Waals surface area contributed by atoms with Gasteiger partial charge in [-0.1, -0.05) is 24.3 Å². The number of alkyl halides is 2. The number of anilines is 1. The lowest BCUT2D eigenvalue weighted by atomic mass is 9.94. The SMILES string of the molecule is O=C(OC[C@@H]1CC1(Cl)Cl)c1ccc(N2C(=O)c3cccc4cccc(c34)C2=O)cc1. The van der Waals surface area contributed by atoms with E-state index in [1.807, 2.05) is 12.1 Å². The summed E-state index contributed by atoms with van der Waals surface area (Å²) >= 11 is 11.9. The number of rotatable bonds is 4. The van der Waals surface area contributed by atoms with E-state index >= 15 is 0 Å². The molecule has 0 saturated heterocycles. The van der Waals surface area contributed by atoms with Crippen molar-refractivity contribution in [3.05, 3.63) is 77.4 Å². The molecule has 3 aromatic carbocycles. The highest BCUT2D eigenvalue weighted by Crippen LogP contribution is 2.53. The van der Waals surface area contributed by atoms with Crippen molar-refractivity contribution >= 4 is 57.4 Å². The van der Waals surface area contributed by atoms with E-state index in [2.05, 4.69) is 0 Å². The summed E-state index contributed by atoms with van der Waals surface area (Å²) in [5.41, 5.74) is 1.65. The first-order valence-electron chi connectivity index (χ1n) is 9.42. The number of ether oxygens (including phenoxy) is 1. The van der Waals surface area contributed by atoms with Gasteiger partial charge in [0.1, 0.15) is 4.33 Å². The van der Waals surface area contributed by atoms with Gasteiger partial charge in [-0.05, 0) is 48.2 Å². The van der Waals surface area contributed by atoms with Crippen molar-refractivity contribution < 1.29 is 19.1 Å². The summed E-state index contributed by atoms with van der Waals surface area (Å²) < 4.78 is 4.44. The molecule has 7 heteroatoms. The summed E-state index contributed by atoms with van der Waals surface area (Å²) in [5.74, 6) is -1.36. The van der Waals surface area contributed by atoms with Crippen LogP contribution in [0.1, 0.15) is 37.5 Å². The Morgan fingerprint density at radius 1 is 0.967 bits per heavy atom. The number of hydrogen-bond donors (Lipinski definition) is 0. The highest BCUT2D eigenvalue weighted by molar-refractivity contribution is 6.50. The monoisotopic (exact) mass is 439 g/mol. The molecule has 3 aromatic rings. The molecule has 1 heterocycles. The van der Waals surface area contributed by atoms with Crippen LogP contribution in [0, 0.1) is 5.92 Å². The van der Waals surface area contributed by atoms with E-state index in [4.69, 9.17) is 27.9 Å².